The zero-order valence-corrected chi connectivity index (χ0v) is 13.3. The third-order valence-electron chi connectivity index (χ3n) is 3.60. The van der Waals surface area contributed by atoms with Crippen molar-refractivity contribution in [3.8, 4) is 0 Å². The molecular weight excluding hydrogens is 347 g/mol. The Kier molecular flexibility index (Phi) is 4.37. The molecule has 2 heterocycles. The summed E-state index contributed by atoms with van der Waals surface area (Å²) in [5, 5.41) is 0. The fraction of sp³-hybridized carbons (Fsp3) is 0.333. The summed E-state index contributed by atoms with van der Waals surface area (Å²) in [6.07, 6.45) is 2.75. The van der Waals surface area contributed by atoms with Crippen LogP contribution in [0.15, 0.2) is 45.6 Å². The second-order valence-electron chi connectivity index (χ2n) is 5.04. The van der Waals surface area contributed by atoms with Gasteiger partial charge in [-0.2, -0.15) is 0 Å². The maximum atomic E-state index is 11.7. The summed E-state index contributed by atoms with van der Waals surface area (Å²) >= 11 is 12.3. The monoisotopic (exact) mass is 358 g/mol. The van der Waals surface area contributed by atoms with Crippen LogP contribution in [0.2, 0.25) is 0 Å². The van der Waals surface area contributed by atoms with Gasteiger partial charge in [0, 0.05) is 11.8 Å². The molecule has 3 rings (SSSR count). The molecule has 1 fully saturated rings. The van der Waals surface area contributed by atoms with Gasteiger partial charge in [0.15, 0.2) is 0 Å². The van der Waals surface area contributed by atoms with E-state index in [0.717, 1.165) is 0 Å². The van der Waals surface area contributed by atoms with Crippen molar-refractivity contribution in [2.24, 2.45) is 11.8 Å². The molecule has 0 aromatic carbocycles. The second kappa shape index (κ2) is 6.29. The highest BCUT2D eigenvalue weighted by atomic mass is 35.5. The molecule has 1 saturated carbocycles. The first-order chi connectivity index (χ1) is 11.0. The van der Waals surface area contributed by atoms with Crippen molar-refractivity contribution in [1.29, 1.82) is 0 Å². The minimum absolute atomic E-state index is 0.00943. The summed E-state index contributed by atoms with van der Waals surface area (Å²) in [5.41, 5.74) is 0. The van der Waals surface area contributed by atoms with E-state index >= 15 is 0 Å². The van der Waals surface area contributed by atoms with Crippen molar-refractivity contribution in [1.82, 2.24) is 0 Å². The van der Waals surface area contributed by atoms with Gasteiger partial charge in [-0.15, -0.1) is 23.2 Å². The van der Waals surface area contributed by atoms with Crippen LogP contribution in [0, 0.1) is 11.8 Å². The molecule has 23 heavy (non-hydrogen) atoms. The van der Waals surface area contributed by atoms with Crippen molar-refractivity contribution in [2.75, 3.05) is 13.2 Å². The zero-order valence-electron chi connectivity index (χ0n) is 11.7. The third-order valence-corrected chi connectivity index (χ3v) is 4.72. The maximum absolute atomic E-state index is 11.7. The number of carbonyl (C=O) groups excluding carboxylic acids is 2. The molecule has 1 aliphatic carbocycles. The number of carbonyl (C=O) groups is 2. The van der Waals surface area contributed by atoms with Crippen LogP contribution in [-0.4, -0.2) is 29.5 Å². The summed E-state index contributed by atoms with van der Waals surface area (Å²) in [5.74, 6) is -1.65. The Labute approximate surface area is 141 Å². The minimum atomic E-state index is -1.10. The first kappa shape index (κ1) is 16.0. The number of furan rings is 2. The normalized spacial score (nSPS) is 21.7. The lowest BCUT2D eigenvalue weighted by Crippen LogP contribution is -2.10. The Hall–Kier alpha value is -1.92. The Bertz CT molecular complexity index is 619. The van der Waals surface area contributed by atoms with E-state index in [-0.39, 0.29) is 36.6 Å². The molecule has 0 unspecified atom stereocenters. The van der Waals surface area contributed by atoms with E-state index in [2.05, 4.69) is 0 Å². The van der Waals surface area contributed by atoms with Gasteiger partial charge in [0.2, 0.25) is 11.5 Å². The lowest BCUT2D eigenvalue weighted by Gasteiger charge is -2.03. The van der Waals surface area contributed by atoms with Gasteiger partial charge in [-0.1, -0.05) is 0 Å². The molecule has 2 aromatic rings. The SMILES string of the molecule is O=C(OC[C@H]1[C@H](COC(=O)c2ccco2)C1(Cl)Cl)c1ccco1. The first-order valence-electron chi connectivity index (χ1n) is 6.79. The average Bonchev–Trinajstić information content (AvgIpc) is 3.05. The molecule has 1 aliphatic rings. The molecule has 6 nitrogen and oxygen atoms in total. The lowest BCUT2D eigenvalue weighted by molar-refractivity contribution is 0.0384. The molecule has 2 aromatic heterocycles. The second-order valence-corrected chi connectivity index (χ2v) is 6.48. The number of hydrogen-bond acceptors (Lipinski definition) is 6. The van der Waals surface area contributed by atoms with Crippen molar-refractivity contribution < 1.29 is 27.9 Å². The van der Waals surface area contributed by atoms with Crippen molar-refractivity contribution in [3.05, 3.63) is 48.3 Å². The predicted octanol–water partition coefficient (Wildman–Crippen LogP) is 3.31. The van der Waals surface area contributed by atoms with E-state index in [4.69, 9.17) is 41.5 Å². The molecule has 0 saturated heterocycles. The van der Waals surface area contributed by atoms with Crippen LogP contribution in [-0.2, 0) is 9.47 Å². The van der Waals surface area contributed by atoms with Gasteiger partial charge in [0.05, 0.1) is 25.7 Å². The van der Waals surface area contributed by atoms with Gasteiger partial charge < -0.3 is 18.3 Å². The van der Waals surface area contributed by atoms with Crippen molar-refractivity contribution in [2.45, 2.75) is 4.33 Å². The summed E-state index contributed by atoms with van der Waals surface area (Å²) in [6, 6.07) is 6.15. The molecule has 0 bridgehead atoms. The highest BCUT2D eigenvalue weighted by Gasteiger charge is 2.64. The zero-order chi connectivity index (χ0) is 16.4. The number of alkyl halides is 2. The molecule has 0 N–H and O–H groups in total. The van der Waals surface area contributed by atoms with Crippen molar-refractivity contribution in [3.63, 3.8) is 0 Å². The van der Waals surface area contributed by atoms with Crippen LogP contribution in [0.1, 0.15) is 21.1 Å². The number of ether oxygens (including phenoxy) is 2. The molecular formula is C15H12Cl2O6. The van der Waals surface area contributed by atoms with Crippen LogP contribution in [0.5, 0.6) is 0 Å². The van der Waals surface area contributed by atoms with E-state index in [1.165, 1.54) is 24.7 Å². The van der Waals surface area contributed by atoms with E-state index in [9.17, 15) is 9.59 Å². The number of esters is 2. The lowest BCUT2D eigenvalue weighted by atomic mass is 10.3. The van der Waals surface area contributed by atoms with Crippen LogP contribution >= 0.6 is 23.2 Å². The van der Waals surface area contributed by atoms with Crippen LogP contribution < -0.4 is 0 Å². The van der Waals surface area contributed by atoms with Gasteiger partial charge in [-0.3, -0.25) is 0 Å². The standard InChI is InChI=1S/C15H12Cl2O6/c16-15(17)9(7-22-13(18)11-3-1-5-20-11)10(15)8-23-14(19)12-4-2-6-21-12/h1-6,9-10H,7-8H2/t9-,10-/m0/s1. The molecule has 0 amide bonds. The fourth-order valence-corrected chi connectivity index (χ4v) is 2.91. The highest BCUT2D eigenvalue weighted by Crippen LogP contribution is 2.59. The molecule has 8 heteroatoms. The molecule has 2 atom stereocenters. The Morgan fingerprint density at radius 3 is 1.74 bits per heavy atom. The van der Waals surface area contributed by atoms with Crippen LogP contribution in [0.25, 0.3) is 0 Å². The molecule has 0 radical (unpaired) electrons. The Morgan fingerprint density at radius 1 is 0.957 bits per heavy atom. The van der Waals surface area contributed by atoms with Crippen LogP contribution in [0.4, 0.5) is 0 Å². The van der Waals surface area contributed by atoms with Crippen molar-refractivity contribution >= 4 is 35.1 Å². The fourth-order valence-electron chi connectivity index (χ4n) is 2.18. The maximum Gasteiger partial charge on any atom is 0.374 e. The summed E-state index contributed by atoms with van der Waals surface area (Å²) in [4.78, 5) is 23.4. The molecule has 0 spiro atoms. The number of hydrogen-bond donors (Lipinski definition) is 0. The largest absolute Gasteiger partial charge is 0.459 e. The van der Waals surface area contributed by atoms with Gasteiger partial charge in [0.1, 0.15) is 4.33 Å². The van der Waals surface area contributed by atoms with Gasteiger partial charge >= 0.3 is 11.9 Å². The molecule has 0 aliphatic heterocycles. The van der Waals surface area contributed by atoms with Gasteiger partial charge in [0.25, 0.3) is 0 Å². The number of halogens is 2. The summed E-state index contributed by atoms with van der Waals surface area (Å²) < 4.78 is 18.9. The van der Waals surface area contributed by atoms with Crippen LogP contribution in [0.3, 0.4) is 0 Å². The molecule has 122 valence electrons. The number of rotatable bonds is 6. The minimum Gasteiger partial charge on any atom is -0.459 e. The van der Waals surface area contributed by atoms with E-state index in [1.54, 1.807) is 12.1 Å². The van der Waals surface area contributed by atoms with E-state index in [0.29, 0.717) is 0 Å². The Morgan fingerprint density at radius 2 is 1.39 bits per heavy atom. The highest BCUT2D eigenvalue weighted by molar-refractivity contribution is 6.51. The Balaban J connectivity index is 1.47. The smallest absolute Gasteiger partial charge is 0.374 e. The summed E-state index contributed by atoms with van der Waals surface area (Å²) in [7, 11) is 0. The topological polar surface area (TPSA) is 78.9 Å². The van der Waals surface area contributed by atoms with E-state index < -0.39 is 16.3 Å². The van der Waals surface area contributed by atoms with Gasteiger partial charge in [-0.05, 0) is 24.3 Å². The predicted molar refractivity (Wildman–Crippen MR) is 79.4 cm³/mol. The van der Waals surface area contributed by atoms with Gasteiger partial charge in [-0.25, -0.2) is 9.59 Å². The first-order valence-corrected chi connectivity index (χ1v) is 7.55. The average molecular weight is 359 g/mol. The summed E-state index contributed by atoms with van der Waals surface area (Å²) in [6.45, 7) is 0.0189. The third kappa shape index (κ3) is 3.38. The quantitative estimate of drug-likeness (QED) is 0.582. The van der Waals surface area contributed by atoms with E-state index in [1.807, 2.05) is 0 Å².